The van der Waals surface area contributed by atoms with Gasteiger partial charge < -0.3 is 9.88 Å². The molecule has 1 amide bonds. The molecule has 2 aromatic rings. The molecule has 0 unspecified atom stereocenters. The number of carbonyl (C=O) groups is 1. The second kappa shape index (κ2) is 6.99. The molecule has 2 aromatic heterocycles. The zero-order chi connectivity index (χ0) is 18.0. The predicted molar refractivity (Wildman–Crippen MR) is 87.7 cm³/mol. The van der Waals surface area contributed by atoms with E-state index in [4.69, 9.17) is 0 Å². The molecule has 1 N–H and O–H groups in total. The molecule has 0 radical (unpaired) electrons. The van der Waals surface area contributed by atoms with E-state index < -0.39 is 29.8 Å². The molecule has 134 valence electrons. The van der Waals surface area contributed by atoms with Crippen LogP contribution in [-0.4, -0.2) is 15.5 Å². The Morgan fingerprint density at radius 2 is 2.00 bits per heavy atom. The van der Waals surface area contributed by atoms with Crippen molar-refractivity contribution in [3.05, 3.63) is 44.8 Å². The third-order valence-electron chi connectivity index (χ3n) is 3.97. The first kappa shape index (κ1) is 17.7. The Kier molecular flexibility index (Phi) is 4.94. The lowest BCUT2D eigenvalue weighted by molar-refractivity contribution is -0.138. The number of fused-ring (bicyclic) bond motifs is 1. The van der Waals surface area contributed by atoms with Crippen molar-refractivity contribution in [3.63, 3.8) is 0 Å². The van der Waals surface area contributed by atoms with Gasteiger partial charge >= 0.3 is 6.18 Å². The van der Waals surface area contributed by atoms with Gasteiger partial charge in [0.1, 0.15) is 6.54 Å². The molecule has 25 heavy (non-hydrogen) atoms. The van der Waals surface area contributed by atoms with Crippen LogP contribution >= 0.6 is 11.3 Å². The highest BCUT2D eigenvalue weighted by atomic mass is 32.1. The summed E-state index contributed by atoms with van der Waals surface area (Å²) in [6.45, 7) is -0.493. The van der Waals surface area contributed by atoms with E-state index >= 15 is 0 Å². The van der Waals surface area contributed by atoms with E-state index in [1.54, 1.807) is 0 Å². The van der Waals surface area contributed by atoms with Crippen molar-refractivity contribution in [1.82, 2.24) is 9.55 Å². The number of aromatic nitrogens is 2. The molecule has 3 rings (SSSR count). The quantitative estimate of drug-likeness (QED) is 0.843. The minimum atomic E-state index is -4.57. The molecule has 2 heterocycles. The van der Waals surface area contributed by atoms with E-state index in [0.717, 1.165) is 53.3 Å². The van der Waals surface area contributed by atoms with Crippen molar-refractivity contribution in [2.45, 2.75) is 44.8 Å². The highest BCUT2D eigenvalue weighted by molar-refractivity contribution is 7.15. The Morgan fingerprint density at radius 3 is 2.76 bits per heavy atom. The van der Waals surface area contributed by atoms with Gasteiger partial charge in [0.05, 0.1) is 11.3 Å². The third kappa shape index (κ3) is 4.28. The summed E-state index contributed by atoms with van der Waals surface area (Å²) < 4.78 is 38.9. The predicted octanol–water partition coefficient (Wildman–Crippen LogP) is 3.23. The van der Waals surface area contributed by atoms with Gasteiger partial charge in [0.25, 0.3) is 5.56 Å². The molecule has 0 spiro atoms. The number of nitrogens with one attached hydrogen (secondary N) is 1. The number of halogens is 3. The molecule has 5 nitrogen and oxygen atoms in total. The lowest BCUT2D eigenvalue weighted by atomic mass is 10.2. The van der Waals surface area contributed by atoms with Crippen LogP contribution in [0.1, 0.15) is 35.4 Å². The number of thiazole rings is 1. The molecular formula is C16H16F3N3O2S. The summed E-state index contributed by atoms with van der Waals surface area (Å²) in [5, 5.41) is 3.01. The molecule has 9 heteroatoms. The second-order valence-electron chi connectivity index (χ2n) is 5.88. The number of hydrogen-bond acceptors (Lipinski definition) is 4. The van der Waals surface area contributed by atoms with Crippen molar-refractivity contribution in [1.29, 1.82) is 0 Å². The molecular weight excluding hydrogens is 355 g/mol. The number of aryl methyl sites for hydroxylation is 2. The Hall–Kier alpha value is -2.16. The average molecular weight is 371 g/mol. The zero-order valence-electron chi connectivity index (χ0n) is 13.2. The summed E-state index contributed by atoms with van der Waals surface area (Å²) in [4.78, 5) is 29.3. The van der Waals surface area contributed by atoms with Crippen LogP contribution in [0.15, 0.2) is 23.1 Å². The molecule has 0 bridgehead atoms. The van der Waals surface area contributed by atoms with E-state index in [0.29, 0.717) is 17.4 Å². The molecule has 0 aromatic carbocycles. The fraction of sp³-hybridized carbons (Fsp3) is 0.438. The fourth-order valence-electron chi connectivity index (χ4n) is 2.72. The van der Waals surface area contributed by atoms with E-state index in [-0.39, 0.29) is 0 Å². The van der Waals surface area contributed by atoms with E-state index in [9.17, 15) is 22.8 Å². The van der Waals surface area contributed by atoms with Gasteiger partial charge in [-0.25, -0.2) is 4.98 Å². The number of alkyl halides is 3. The van der Waals surface area contributed by atoms with Crippen molar-refractivity contribution < 1.29 is 18.0 Å². The van der Waals surface area contributed by atoms with Gasteiger partial charge in [-0.05, 0) is 31.7 Å². The van der Waals surface area contributed by atoms with Crippen molar-refractivity contribution in [2.24, 2.45) is 0 Å². The first-order valence-corrected chi connectivity index (χ1v) is 8.71. The first-order chi connectivity index (χ1) is 11.8. The number of amides is 1. The number of rotatable bonds is 3. The van der Waals surface area contributed by atoms with Crippen LogP contribution in [0.3, 0.4) is 0 Å². The van der Waals surface area contributed by atoms with Gasteiger partial charge in [-0.15, -0.1) is 11.3 Å². The highest BCUT2D eigenvalue weighted by Gasteiger charge is 2.31. The number of carbonyl (C=O) groups excluding carboxylic acids is 1. The largest absolute Gasteiger partial charge is 0.417 e. The van der Waals surface area contributed by atoms with E-state index in [1.165, 1.54) is 11.3 Å². The maximum absolute atomic E-state index is 12.7. The van der Waals surface area contributed by atoms with Crippen LogP contribution in [0, 0.1) is 0 Å². The smallest absolute Gasteiger partial charge is 0.305 e. The Labute approximate surface area is 145 Å². The lowest BCUT2D eigenvalue weighted by Crippen LogP contribution is -2.28. The molecule has 1 aliphatic carbocycles. The molecule has 1 aliphatic rings. The Bertz CT molecular complexity index is 818. The van der Waals surface area contributed by atoms with Gasteiger partial charge in [0, 0.05) is 17.1 Å². The summed E-state index contributed by atoms with van der Waals surface area (Å²) in [6, 6.07) is 1.51. The van der Waals surface area contributed by atoms with E-state index in [2.05, 4.69) is 10.3 Å². The second-order valence-corrected chi connectivity index (χ2v) is 6.96. The summed E-state index contributed by atoms with van der Waals surface area (Å²) in [5.41, 5.74) is -0.659. The van der Waals surface area contributed by atoms with Gasteiger partial charge in [0.2, 0.25) is 5.91 Å². The maximum Gasteiger partial charge on any atom is 0.417 e. The molecule has 0 atom stereocenters. The SMILES string of the molecule is O=C(Cn1cc(C(F)(F)F)ccc1=O)Nc1nc2c(s1)CCCCC2. The minimum Gasteiger partial charge on any atom is -0.305 e. The Morgan fingerprint density at radius 1 is 1.24 bits per heavy atom. The first-order valence-electron chi connectivity index (χ1n) is 7.89. The average Bonchev–Trinajstić information content (AvgIpc) is 2.76. The summed E-state index contributed by atoms with van der Waals surface area (Å²) in [7, 11) is 0. The van der Waals surface area contributed by atoms with Crippen LogP contribution in [0.2, 0.25) is 0 Å². The molecule has 0 saturated carbocycles. The molecule has 0 fully saturated rings. The summed E-state index contributed by atoms with van der Waals surface area (Å²) >= 11 is 1.39. The Balaban J connectivity index is 1.72. The normalized spacial score (nSPS) is 14.7. The zero-order valence-corrected chi connectivity index (χ0v) is 14.0. The van der Waals surface area contributed by atoms with Crippen molar-refractivity contribution in [2.75, 3.05) is 5.32 Å². The third-order valence-corrected chi connectivity index (χ3v) is 5.04. The van der Waals surface area contributed by atoms with Gasteiger partial charge in [-0.1, -0.05) is 6.42 Å². The van der Waals surface area contributed by atoms with Crippen LogP contribution in [0.5, 0.6) is 0 Å². The standard InChI is InChI=1S/C16H16F3N3O2S/c17-16(18,19)10-6-7-14(24)22(8-10)9-13(23)21-15-20-11-4-2-1-3-5-12(11)25-15/h6-8H,1-5,9H2,(H,20,21,23). The summed E-state index contributed by atoms with van der Waals surface area (Å²) in [6.07, 6.45) is 1.18. The van der Waals surface area contributed by atoms with Crippen LogP contribution in [-0.2, 0) is 30.4 Å². The van der Waals surface area contributed by atoms with Gasteiger partial charge in [-0.3, -0.25) is 9.59 Å². The van der Waals surface area contributed by atoms with Crippen molar-refractivity contribution >= 4 is 22.4 Å². The minimum absolute atomic E-state index is 0.428. The highest BCUT2D eigenvalue weighted by Crippen LogP contribution is 2.29. The van der Waals surface area contributed by atoms with Crippen LogP contribution in [0.25, 0.3) is 0 Å². The number of pyridine rings is 1. The fourth-order valence-corrected chi connectivity index (χ4v) is 3.78. The number of anilines is 1. The topological polar surface area (TPSA) is 64.0 Å². The number of nitrogens with zero attached hydrogens (tertiary/aromatic N) is 2. The molecule has 0 saturated heterocycles. The van der Waals surface area contributed by atoms with E-state index in [1.807, 2.05) is 0 Å². The lowest BCUT2D eigenvalue weighted by Gasteiger charge is -2.10. The van der Waals surface area contributed by atoms with Gasteiger partial charge in [-0.2, -0.15) is 13.2 Å². The summed E-state index contributed by atoms with van der Waals surface area (Å²) in [5.74, 6) is -0.578. The monoisotopic (exact) mass is 371 g/mol. The van der Waals surface area contributed by atoms with Crippen LogP contribution < -0.4 is 10.9 Å². The number of hydrogen-bond donors (Lipinski definition) is 1. The maximum atomic E-state index is 12.7. The van der Waals surface area contributed by atoms with Crippen LogP contribution in [0.4, 0.5) is 18.3 Å². The van der Waals surface area contributed by atoms with Gasteiger partial charge in [0.15, 0.2) is 5.13 Å². The molecule has 0 aliphatic heterocycles. The van der Waals surface area contributed by atoms with Crippen molar-refractivity contribution in [3.8, 4) is 0 Å².